The van der Waals surface area contributed by atoms with Crippen LogP contribution in [0.1, 0.15) is 97.0 Å². The number of nitrogens with one attached hydrogen (secondary N) is 1. The molecule has 4 rings (SSSR count). The van der Waals surface area contributed by atoms with Crippen LogP contribution in [0.3, 0.4) is 0 Å². The summed E-state index contributed by atoms with van der Waals surface area (Å²) in [7, 11) is -2.04. The van der Waals surface area contributed by atoms with Gasteiger partial charge in [0.25, 0.3) is 0 Å². The molecule has 5 nitrogen and oxygen atoms in total. The Labute approximate surface area is 249 Å². The second-order valence-corrected chi connectivity index (χ2v) is 15.5. The van der Waals surface area contributed by atoms with Gasteiger partial charge in [-0.1, -0.05) is 96.8 Å². The van der Waals surface area contributed by atoms with Crippen molar-refractivity contribution in [1.82, 2.24) is 5.32 Å². The van der Waals surface area contributed by atoms with Gasteiger partial charge >= 0.3 is 7.60 Å². The van der Waals surface area contributed by atoms with Gasteiger partial charge in [-0.05, 0) is 84.5 Å². The van der Waals surface area contributed by atoms with E-state index in [1.807, 2.05) is 42.5 Å². The Morgan fingerprint density at radius 3 is 1.76 bits per heavy atom. The monoisotopic (exact) mass is 583 g/mol. The van der Waals surface area contributed by atoms with E-state index in [1.165, 1.54) is 12.8 Å². The third kappa shape index (κ3) is 8.47. The van der Waals surface area contributed by atoms with Crippen LogP contribution in [0.25, 0.3) is 0 Å². The van der Waals surface area contributed by atoms with Gasteiger partial charge in [-0.3, -0.25) is 9.88 Å². The maximum absolute atomic E-state index is 15.6. The summed E-state index contributed by atoms with van der Waals surface area (Å²) >= 11 is 0. The van der Waals surface area contributed by atoms with Crippen molar-refractivity contribution in [2.75, 3.05) is 7.11 Å². The minimum atomic E-state index is -3.71. The molecule has 0 aliphatic heterocycles. The molecule has 2 saturated carbocycles. The molecular weight excluding hydrogens is 529 g/mol. The molecule has 0 heterocycles. The van der Waals surface area contributed by atoms with E-state index in [4.69, 9.17) is 13.8 Å². The zero-order valence-corrected chi connectivity index (χ0v) is 27.3. The molecule has 1 unspecified atom stereocenters. The van der Waals surface area contributed by atoms with Crippen molar-refractivity contribution in [3.8, 4) is 5.75 Å². The summed E-state index contributed by atoms with van der Waals surface area (Å²) in [4.78, 5) is 0. The molecule has 0 radical (unpaired) electrons. The number of ether oxygens (including phenoxy) is 1. The second kappa shape index (κ2) is 14.7. The maximum atomic E-state index is 15.6. The van der Waals surface area contributed by atoms with Gasteiger partial charge < -0.3 is 13.8 Å². The van der Waals surface area contributed by atoms with Crippen LogP contribution in [0.2, 0.25) is 0 Å². The van der Waals surface area contributed by atoms with Crippen molar-refractivity contribution < 1.29 is 18.3 Å². The number of methoxy groups -OCH3 is 1. The quantitative estimate of drug-likeness (QED) is 0.252. The molecule has 0 bridgehead atoms. The Bertz CT molecular complexity index is 1070. The van der Waals surface area contributed by atoms with Crippen LogP contribution in [0.4, 0.5) is 0 Å². The summed E-state index contributed by atoms with van der Waals surface area (Å²) in [5.74, 6) is 2.89. The first-order valence-corrected chi connectivity index (χ1v) is 17.6. The van der Waals surface area contributed by atoms with Gasteiger partial charge in [0.15, 0.2) is 0 Å². The molecular formula is C35H54NO4P. The van der Waals surface area contributed by atoms with E-state index in [9.17, 15) is 0 Å². The van der Waals surface area contributed by atoms with E-state index >= 15 is 4.57 Å². The number of hydrogen-bond acceptors (Lipinski definition) is 5. The number of benzene rings is 2. The van der Waals surface area contributed by atoms with Crippen LogP contribution in [-0.2, 0) is 20.2 Å². The van der Waals surface area contributed by atoms with Crippen molar-refractivity contribution in [3.05, 3.63) is 65.7 Å². The highest BCUT2D eigenvalue weighted by Crippen LogP contribution is 2.64. The first-order valence-electron chi connectivity index (χ1n) is 16.0. The largest absolute Gasteiger partial charge is 0.497 e. The highest BCUT2D eigenvalue weighted by molar-refractivity contribution is 7.54. The van der Waals surface area contributed by atoms with Gasteiger partial charge in [-0.25, -0.2) is 0 Å². The standard InChI is InChI=1S/C35H54NO4P/c1-24(2)31-19-13-26(5)21-33(31)39-41(37,40-34-22-27(6)14-20-32(34)25(3)4)35(29-15-17-30(38-7)18-16-29)36-23-28-11-9-8-10-12-28/h8-12,15-18,24-27,31-36H,13-14,19-23H2,1-7H3/t26-,27-,31-,32+,33-,34-,35-,41?/m1/s1. The van der Waals surface area contributed by atoms with Gasteiger partial charge in [0, 0.05) is 6.54 Å². The first-order chi connectivity index (χ1) is 19.6. The molecule has 2 aromatic rings. The summed E-state index contributed by atoms with van der Waals surface area (Å²) in [6.07, 6.45) is 6.23. The van der Waals surface area contributed by atoms with E-state index in [-0.39, 0.29) is 12.2 Å². The van der Waals surface area contributed by atoms with Crippen LogP contribution in [0.5, 0.6) is 5.75 Å². The van der Waals surface area contributed by atoms with Crippen molar-refractivity contribution in [2.45, 2.75) is 105 Å². The van der Waals surface area contributed by atoms with Crippen molar-refractivity contribution in [1.29, 1.82) is 0 Å². The highest BCUT2D eigenvalue weighted by Gasteiger charge is 2.46. The summed E-state index contributed by atoms with van der Waals surface area (Å²) in [6.45, 7) is 14.3. The van der Waals surface area contributed by atoms with Crippen LogP contribution < -0.4 is 10.1 Å². The van der Waals surface area contributed by atoms with Crippen LogP contribution in [-0.4, -0.2) is 19.3 Å². The Hall–Kier alpha value is -1.65. The third-order valence-corrected chi connectivity index (χ3v) is 11.8. The summed E-state index contributed by atoms with van der Waals surface area (Å²) < 4.78 is 35.1. The van der Waals surface area contributed by atoms with Gasteiger partial charge in [0.1, 0.15) is 11.5 Å². The lowest BCUT2D eigenvalue weighted by molar-refractivity contribution is -0.00694. The molecule has 0 spiro atoms. The molecule has 2 fully saturated rings. The molecule has 2 aliphatic carbocycles. The lowest BCUT2D eigenvalue weighted by Crippen LogP contribution is -2.38. The van der Waals surface area contributed by atoms with E-state index in [0.29, 0.717) is 42.1 Å². The van der Waals surface area contributed by atoms with Gasteiger partial charge in [0.2, 0.25) is 0 Å². The van der Waals surface area contributed by atoms with Crippen LogP contribution in [0.15, 0.2) is 54.6 Å². The average molecular weight is 584 g/mol. The fourth-order valence-corrected chi connectivity index (χ4v) is 9.39. The van der Waals surface area contributed by atoms with Crippen LogP contribution in [0, 0.1) is 35.5 Å². The molecule has 6 heteroatoms. The molecule has 0 aromatic heterocycles. The summed E-state index contributed by atoms with van der Waals surface area (Å²) in [5, 5.41) is 3.67. The zero-order valence-electron chi connectivity index (χ0n) is 26.4. The summed E-state index contributed by atoms with van der Waals surface area (Å²) in [6, 6.07) is 18.2. The minimum Gasteiger partial charge on any atom is -0.497 e. The Kier molecular flexibility index (Phi) is 11.6. The predicted molar refractivity (Wildman–Crippen MR) is 169 cm³/mol. The second-order valence-electron chi connectivity index (χ2n) is 13.5. The first kappa shape index (κ1) is 32.3. The SMILES string of the molecule is COc1ccc([C@H](NCc2ccccc2)P(=O)(O[C@@H]2C[C@H](C)CC[C@@H]2C(C)C)O[C@@H]2C[C@H](C)CC[C@H]2C(C)C)cc1. The lowest BCUT2D eigenvalue weighted by Gasteiger charge is -2.43. The highest BCUT2D eigenvalue weighted by atomic mass is 31.2. The smallest absolute Gasteiger partial charge is 0.352 e. The van der Waals surface area contributed by atoms with E-state index in [1.54, 1.807) is 7.11 Å². The van der Waals surface area contributed by atoms with Gasteiger partial charge in [0.05, 0.1) is 19.3 Å². The van der Waals surface area contributed by atoms with Crippen molar-refractivity contribution in [2.24, 2.45) is 35.5 Å². The molecule has 1 N–H and O–H groups in total. The molecule has 0 amide bonds. The number of rotatable bonds is 12. The van der Waals surface area contributed by atoms with E-state index in [0.717, 1.165) is 42.6 Å². The normalized spacial score (nSPS) is 29.3. The zero-order chi connectivity index (χ0) is 29.6. The molecule has 8 atom stereocenters. The van der Waals surface area contributed by atoms with Crippen LogP contribution >= 0.6 is 7.60 Å². The molecule has 2 aliphatic rings. The van der Waals surface area contributed by atoms with Gasteiger partial charge in [-0.15, -0.1) is 0 Å². The number of hydrogen-bond donors (Lipinski definition) is 1. The molecule has 41 heavy (non-hydrogen) atoms. The molecule has 2 aromatic carbocycles. The Morgan fingerprint density at radius 1 is 0.780 bits per heavy atom. The molecule has 228 valence electrons. The predicted octanol–water partition coefficient (Wildman–Crippen LogP) is 9.63. The van der Waals surface area contributed by atoms with E-state index in [2.05, 4.69) is 59.0 Å². The summed E-state index contributed by atoms with van der Waals surface area (Å²) in [5.41, 5.74) is 2.04. The van der Waals surface area contributed by atoms with E-state index < -0.39 is 13.4 Å². The maximum Gasteiger partial charge on any atom is 0.352 e. The van der Waals surface area contributed by atoms with Gasteiger partial charge in [-0.2, -0.15) is 0 Å². The molecule has 0 saturated heterocycles. The Balaban J connectivity index is 1.76. The third-order valence-electron chi connectivity index (χ3n) is 9.58. The fourth-order valence-electron chi connectivity index (χ4n) is 7.00. The topological polar surface area (TPSA) is 56.8 Å². The minimum absolute atomic E-state index is 0.0950. The fraction of sp³-hybridized carbons (Fsp3) is 0.657. The van der Waals surface area contributed by atoms with Crippen molar-refractivity contribution >= 4 is 7.60 Å². The average Bonchev–Trinajstić information content (AvgIpc) is 2.93. The van der Waals surface area contributed by atoms with Crippen molar-refractivity contribution in [3.63, 3.8) is 0 Å². The lowest BCUT2D eigenvalue weighted by atomic mass is 9.75. The Morgan fingerprint density at radius 2 is 1.29 bits per heavy atom.